The molecule has 1 aromatic carbocycles. The average molecular weight is 288 g/mol. The molecule has 5 nitrogen and oxygen atoms in total. The van der Waals surface area contributed by atoms with Gasteiger partial charge in [0.05, 0.1) is 11.4 Å². The lowest BCUT2D eigenvalue weighted by atomic mass is 10.1. The van der Waals surface area contributed by atoms with Crippen molar-refractivity contribution in [2.75, 3.05) is 0 Å². The largest absolute Gasteiger partial charge is 0.271 e. The van der Waals surface area contributed by atoms with Gasteiger partial charge in [0.2, 0.25) is 0 Å². The van der Waals surface area contributed by atoms with Crippen LogP contribution in [0.3, 0.4) is 0 Å². The van der Waals surface area contributed by atoms with E-state index >= 15 is 0 Å². The van der Waals surface area contributed by atoms with Gasteiger partial charge in [0, 0.05) is 11.3 Å². The molecule has 0 radical (unpaired) electrons. The second-order valence-electron chi connectivity index (χ2n) is 4.83. The monoisotopic (exact) mass is 288 g/mol. The molecule has 110 valence electrons. The SMILES string of the molecule is C/C(=N\NC(=O)Cn1nc(C)cc1C)c1cccc(F)c1. The highest BCUT2D eigenvalue weighted by Crippen LogP contribution is 2.05. The maximum absolute atomic E-state index is 13.1. The van der Waals surface area contributed by atoms with Crippen molar-refractivity contribution in [2.45, 2.75) is 27.3 Å². The summed E-state index contributed by atoms with van der Waals surface area (Å²) in [5.74, 6) is -0.618. The molecule has 0 aliphatic rings. The number of nitrogens with one attached hydrogen (secondary N) is 1. The number of hydrogen-bond donors (Lipinski definition) is 1. The van der Waals surface area contributed by atoms with Crippen LogP contribution in [-0.2, 0) is 11.3 Å². The highest BCUT2D eigenvalue weighted by atomic mass is 19.1. The lowest BCUT2D eigenvalue weighted by Crippen LogP contribution is -2.25. The van der Waals surface area contributed by atoms with Crippen molar-refractivity contribution in [1.29, 1.82) is 0 Å². The summed E-state index contributed by atoms with van der Waals surface area (Å²) in [4.78, 5) is 11.8. The molecule has 1 N–H and O–H groups in total. The Morgan fingerprint density at radius 1 is 1.38 bits per heavy atom. The van der Waals surface area contributed by atoms with E-state index in [0.717, 1.165) is 11.4 Å². The summed E-state index contributed by atoms with van der Waals surface area (Å²) >= 11 is 0. The average Bonchev–Trinajstić information content (AvgIpc) is 2.74. The first-order valence-electron chi connectivity index (χ1n) is 6.56. The third-order valence-corrected chi connectivity index (χ3v) is 2.99. The second-order valence-corrected chi connectivity index (χ2v) is 4.83. The lowest BCUT2D eigenvalue weighted by molar-refractivity contribution is -0.121. The number of carbonyl (C=O) groups excluding carboxylic acids is 1. The minimum absolute atomic E-state index is 0.0968. The summed E-state index contributed by atoms with van der Waals surface area (Å²) in [6.45, 7) is 5.56. The Morgan fingerprint density at radius 2 is 2.14 bits per heavy atom. The minimum Gasteiger partial charge on any atom is -0.271 e. The van der Waals surface area contributed by atoms with Gasteiger partial charge in [-0.05, 0) is 39.0 Å². The highest BCUT2D eigenvalue weighted by molar-refractivity contribution is 5.99. The number of hydrogen-bond acceptors (Lipinski definition) is 3. The van der Waals surface area contributed by atoms with Gasteiger partial charge in [0.25, 0.3) is 5.91 Å². The topological polar surface area (TPSA) is 59.3 Å². The first-order chi connectivity index (χ1) is 9.95. The normalized spacial score (nSPS) is 11.5. The smallest absolute Gasteiger partial charge is 0.261 e. The Bertz CT molecular complexity index is 691. The van der Waals surface area contributed by atoms with Crippen molar-refractivity contribution in [3.63, 3.8) is 0 Å². The standard InChI is InChI=1S/C15H17FN4O/c1-10-7-11(2)20(19-10)9-15(21)18-17-12(3)13-5-4-6-14(16)8-13/h4-8H,9H2,1-3H3,(H,18,21)/b17-12+. The van der Waals surface area contributed by atoms with E-state index in [4.69, 9.17) is 0 Å². The van der Waals surface area contributed by atoms with Gasteiger partial charge in [-0.2, -0.15) is 10.2 Å². The molecule has 0 saturated heterocycles. The van der Waals surface area contributed by atoms with E-state index in [9.17, 15) is 9.18 Å². The van der Waals surface area contributed by atoms with E-state index in [-0.39, 0.29) is 18.3 Å². The number of nitrogens with zero attached hydrogens (tertiary/aromatic N) is 3. The first-order valence-corrected chi connectivity index (χ1v) is 6.56. The number of halogens is 1. The number of amides is 1. The Labute approximate surface area is 122 Å². The number of rotatable bonds is 4. The molecule has 2 rings (SSSR count). The van der Waals surface area contributed by atoms with Crippen molar-refractivity contribution in [3.05, 3.63) is 53.1 Å². The van der Waals surface area contributed by atoms with E-state index in [1.807, 2.05) is 19.9 Å². The van der Waals surface area contributed by atoms with E-state index in [2.05, 4.69) is 15.6 Å². The van der Waals surface area contributed by atoms with Crippen LogP contribution < -0.4 is 5.43 Å². The third-order valence-electron chi connectivity index (χ3n) is 2.99. The van der Waals surface area contributed by atoms with Crippen molar-refractivity contribution in [1.82, 2.24) is 15.2 Å². The van der Waals surface area contributed by atoms with Gasteiger partial charge in [-0.15, -0.1) is 0 Å². The van der Waals surface area contributed by atoms with Crippen molar-refractivity contribution < 1.29 is 9.18 Å². The van der Waals surface area contributed by atoms with E-state index < -0.39 is 0 Å². The number of aromatic nitrogens is 2. The maximum Gasteiger partial charge on any atom is 0.261 e. The van der Waals surface area contributed by atoms with Gasteiger partial charge >= 0.3 is 0 Å². The molecular formula is C15H17FN4O. The zero-order valence-electron chi connectivity index (χ0n) is 12.2. The van der Waals surface area contributed by atoms with Gasteiger partial charge in [-0.25, -0.2) is 9.82 Å². The molecule has 1 heterocycles. The molecule has 0 spiro atoms. The third kappa shape index (κ3) is 3.98. The molecule has 21 heavy (non-hydrogen) atoms. The fourth-order valence-corrected chi connectivity index (χ4v) is 1.93. The Morgan fingerprint density at radius 3 is 2.76 bits per heavy atom. The molecule has 1 amide bonds. The molecule has 0 aliphatic carbocycles. The number of hydrazone groups is 1. The number of aryl methyl sites for hydroxylation is 2. The summed E-state index contributed by atoms with van der Waals surface area (Å²) in [7, 11) is 0. The molecule has 0 fully saturated rings. The van der Waals surface area contributed by atoms with Crippen molar-refractivity contribution in [2.24, 2.45) is 5.10 Å². The second kappa shape index (κ2) is 6.30. The van der Waals surface area contributed by atoms with Crippen LogP contribution in [0.15, 0.2) is 35.4 Å². The van der Waals surface area contributed by atoms with Gasteiger partial charge in [0.15, 0.2) is 0 Å². The van der Waals surface area contributed by atoms with Crippen LogP contribution >= 0.6 is 0 Å². The van der Waals surface area contributed by atoms with Gasteiger partial charge in [0.1, 0.15) is 12.4 Å². The minimum atomic E-state index is -0.337. The highest BCUT2D eigenvalue weighted by Gasteiger charge is 2.07. The summed E-state index contributed by atoms with van der Waals surface area (Å²) in [5, 5.41) is 8.18. The lowest BCUT2D eigenvalue weighted by Gasteiger charge is -2.05. The molecule has 0 atom stereocenters. The van der Waals surface area contributed by atoms with Crippen LogP contribution in [0.2, 0.25) is 0 Å². The summed E-state index contributed by atoms with van der Waals surface area (Å²) in [6.07, 6.45) is 0. The maximum atomic E-state index is 13.1. The number of benzene rings is 1. The molecule has 0 unspecified atom stereocenters. The summed E-state index contributed by atoms with van der Waals surface area (Å²) in [6, 6.07) is 7.95. The predicted molar refractivity (Wildman–Crippen MR) is 78.5 cm³/mol. The van der Waals surface area contributed by atoms with Crippen LogP contribution in [0.4, 0.5) is 4.39 Å². The van der Waals surface area contributed by atoms with Gasteiger partial charge in [-0.1, -0.05) is 12.1 Å². The Balaban J connectivity index is 2.00. The van der Waals surface area contributed by atoms with E-state index in [1.54, 1.807) is 23.7 Å². The molecule has 0 aliphatic heterocycles. The van der Waals surface area contributed by atoms with Crippen molar-refractivity contribution in [3.8, 4) is 0 Å². The first kappa shape index (κ1) is 14.9. The van der Waals surface area contributed by atoms with Crippen molar-refractivity contribution >= 4 is 11.6 Å². The summed E-state index contributed by atoms with van der Waals surface area (Å²) in [5.41, 5.74) is 5.39. The van der Waals surface area contributed by atoms with Gasteiger partial charge < -0.3 is 0 Å². The predicted octanol–water partition coefficient (Wildman–Crippen LogP) is 2.18. The van der Waals surface area contributed by atoms with Crippen LogP contribution in [0, 0.1) is 19.7 Å². The molecule has 6 heteroatoms. The quantitative estimate of drug-likeness (QED) is 0.692. The van der Waals surface area contributed by atoms with Crippen LogP contribution in [0.1, 0.15) is 23.9 Å². The molecule has 0 bridgehead atoms. The van der Waals surface area contributed by atoms with Gasteiger partial charge in [-0.3, -0.25) is 9.48 Å². The zero-order valence-corrected chi connectivity index (χ0v) is 12.2. The molecule has 2 aromatic rings. The molecular weight excluding hydrogens is 271 g/mol. The number of carbonyl (C=O) groups is 1. The fraction of sp³-hybridized carbons (Fsp3) is 0.267. The molecule has 0 saturated carbocycles. The van der Waals surface area contributed by atoms with E-state index in [0.29, 0.717) is 11.3 Å². The van der Waals surface area contributed by atoms with Crippen LogP contribution in [0.25, 0.3) is 0 Å². The Hall–Kier alpha value is -2.50. The fourth-order valence-electron chi connectivity index (χ4n) is 1.93. The summed E-state index contributed by atoms with van der Waals surface area (Å²) < 4.78 is 14.7. The molecule has 1 aromatic heterocycles. The zero-order chi connectivity index (χ0) is 15.4. The van der Waals surface area contributed by atoms with Crippen LogP contribution in [0.5, 0.6) is 0 Å². The van der Waals surface area contributed by atoms with E-state index in [1.165, 1.54) is 12.1 Å². The van der Waals surface area contributed by atoms with Crippen LogP contribution in [-0.4, -0.2) is 21.4 Å². The Kier molecular flexibility index (Phi) is 4.47.